The molecular formula is C16H17NO5. The normalized spacial score (nSPS) is 13.2. The highest BCUT2D eigenvalue weighted by Crippen LogP contribution is 2.36. The van der Waals surface area contributed by atoms with E-state index in [2.05, 4.69) is 0 Å². The molecule has 6 nitrogen and oxygen atoms in total. The van der Waals surface area contributed by atoms with Gasteiger partial charge in [0.15, 0.2) is 5.56 Å². The van der Waals surface area contributed by atoms with Crippen molar-refractivity contribution in [3.63, 3.8) is 0 Å². The Morgan fingerprint density at radius 2 is 2.18 bits per heavy atom. The highest BCUT2D eigenvalue weighted by molar-refractivity contribution is 6.01. The van der Waals surface area contributed by atoms with E-state index in [1.165, 1.54) is 4.57 Å². The highest BCUT2D eigenvalue weighted by atomic mass is 16.5. The van der Waals surface area contributed by atoms with Gasteiger partial charge in [0, 0.05) is 17.5 Å². The van der Waals surface area contributed by atoms with Gasteiger partial charge in [-0.1, -0.05) is 0 Å². The summed E-state index contributed by atoms with van der Waals surface area (Å²) in [5.41, 5.74) is 0.709. The van der Waals surface area contributed by atoms with Gasteiger partial charge in [-0.3, -0.25) is 4.79 Å². The van der Waals surface area contributed by atoms with Crippen LogP contribution in [0.5, 0.6) is 11.5 Å². The highest BCUT2D eigenvalue weighted by Gasteiger charge is 2.27. The van der Waals surface area contributed by atoms with E-state index in [-0.39, 0.29) is 17.9 Å². The Hall–Kier alpha value is -2.50. The third-order valence-electron chi connectivity index (χ3n) is 3.97. The number of ether oxygens (including phenoxy) is 2. The van der Waals surface area contributed by atoms with Crippen molar-refractivity contribution >= 4 is 16.9 Å². The number of pyridine rings is 1. The third-order valence-corrected chi connectivity index (χ3v) is 3.97. The Morgan fingerprint density at radius 3 is 2.86 bits per heavy atom. The maximum Gasteiger partial charge on any atom is 0.347 e. The number of benzene rings is 1. The van der Waals surface area contributed by atoms with Gasteiger partial charge < -0.3 is 19.1 Å². The minimum atomic E-state index is -0.793. The van der Waals surface area contributed by atoms with Gasteiger partial charge in [-0.15, -0.1) is 0 Å². The van der Waals surface area contributed by atoms with E-state index in [4.69, 9.17) is 9.47 Å². The van der Waals surface area contributed by atoms with Crippen LogP contribution in [0.3, 0.4) is 0 Å². The van der Waals surface area contributed by atoms with E-state index in [1.807, 2.05) is 0 Å². The van der Waals surface area contributed by atoms with Crippen molar-refractivity contribution in [2.75, 3.05) is 13.7 Å². The number of esters is 1. The van der Waals surface area contributed by atoms with E-state index in [0.717, 1.165) is 18.4 Å². The van der Waals surface area contributed by atoms with Gasteiger partial charge >= 0.3 is 5.97 Å². The number of nitrogens with zero attached hydrogens (tertiary/aromatic N) is 1. The lowest BCUT2D eigenvalue weighted by Crippen LogP contribution is -2.30. The van der Waals surface area contributed by atoms with Gasteiger partial charge in [-0.05, 0) is 31.9 Å². The zero-order valence-corrected chi connectivity index (χ0v) is 12.5. The second kappa shape index (κ2) is 5.36. The minimum absolute atomic E-state index is 0.142. The molecule has 116 valence electrons. The van der Waals surface area contributed by atoms with E-state index in [0.29, 0.717) is 23.2 Å². The summed E-state index contributed by atoms with van der Waals surface area (Å²) in [6, 6.07) is 3.41. The van der Waals surface area contributed by atoms with Crippen molar-refractivity contribution in [1.29, 1.82) is 0 Å². The monoisotopic (exact) mass is 303 g/mol. The molecule has 0 aliphatic carbocycles. The molecule has 1 aromatic heterocycles. The van der Waals surface area contributed by atoms with Crippen LogP contribution < -0.4 is 10.3 Å². The molecule has 0 saturated carbocycles. The van der Waals surface area contributed by atoms with Crippen LogP contribution in [0.4, 0.5) is 0 Å². The first-order valence-corrected chi connectivity index (χ1v) is 7.22. The van der Waals surface area contributed by atoms with Gasteiger partial charge in [-0.2, -0.15) is 0 Å². The van der Waals surface area contributed by atoms with Crippen molar-refractivity contribution in [3.8, 4) is 11.5 Å². The van der Waals surface area contributed by atoms with Crippen molar-refractivity contribution in [3.05, 3.63) is 33.6 Å². The molecule has 1 aromatic carbocycles. The predicted molar refractivity (Wildman–Crippen MR) is 80.7 cm³/mol. The summed E-state index contributed by atoms with van der Waals surface area (Å²) in [7, 11) is 1.57. The zero-order chi connectivity index (χ0) is 15.9. The first-order valence-electron chi connectivity index (χ1n) is 7.22. The molecule has 0 unspecified atom stereocenters. The molecule has 2 heterocycles. The molecule has 22 heavy (non-hydrogen) atoms. The topological polar surface area (TPSA) is 77.8 Å². The molecular weight excluding hydrogens is 286 g/mol. The second-order valence-electron chi connectivity index (χ2n) is 5.15. The molecule has 0 amide bonds. The van der Waals surface area contributed by atoms with Crippen LogP contribution in [0.1, 0.15) is 29.3 Å². The summed E-state index contributed by atoms with van der Waals surface area (Å²) in [5, 5.41) is 10.9. The van der Waals surface area contributed by atoms with Crippen LogP contribution in [0, 0.1) is 0 Å². The van der Waals surface area contributed by atoms with Crippen molar-refractivity contribution < 1.29 is 19.4 Å². The van der Waals surface area contributed by atoms with E-state index < -0.39 is 11.5 Å². The fourth-order valence-electron chi connectivity index (χ4n) is 3.04. The fourth-order valence-corrected chi connectivity index (χ4v) is 3.04. The van der Waals surface area contributed by atoms with Gasteiger partial charge in [0.05, 0.1) is 19.2 Å². The summed E-state index contributed by atoms with van der Waals surface area (Å²) in [6.45, 7) is 2.30. The van der Waals surface area contributed by atoms with Crippen molar-refractivity contribution in [2.45, 2.75) is 26.3 Å². The summed E-state index contributed by atoms with van der Waals surface area (Å²) in [5.74, 6) is -0.428. The largest absolute Gasteiger partial charge is 0.506 e. The minimum Gasteiger partial charge on any atom is -0.506 e. The Bertz CT molecular complexity index is 822. The van der Waals surface area contributed by atoms with E-state index >= 15 is 0 Å². The van der Waals surface area contributed by atoms with Crippen LogP contribution in [-0.4, -0.2) is 29.4 Å². The fraction of sp³-hybridized carbons (Fsp3) is 0.375. The van der Waals surface area contributed by atoms with Crippen LogP contribution in [0.2, 0.25) is 0 Å². The lowest BCUT2D eigenvalue weighted by Gasteiger charge is -2.22. The van der Waals surface area contributed by atoms with Crippen molar-refractivity contribution in [2.24, 2.45) is 0 Å². The molecule has 1 aliphatic heterocycles. The molecule has 1 N–H and O–H groups in total. The van der Waals surface area contributed by atoms with E-state index in [9.17, 15) is 14.7 Å². The second-order valence-corrected chi connectivity index (χ2v) is 5.15. The number of hydrogen-bond donors (Lipinski definition) is 1. The lowest BCUT2D eigenvalue weighted by atomic mass is 9.98. The molecule has 0 fully saturated rings. The molecule has 2 aromatic rings. The first-order chi connectivity index (χ1) is 10.6. The van der Waals surface area contributed by atoms with Crippen LogP contribution >= 0.6 is 0 Å². The Morgan fingerprint density at radius 1 is 1.41 bits per heavy atom. The number of aromatic hydroxyl groups is 1. The number of aryl methyl sites for hydroxylation is 2. The number of rotatable bonds is 3. The van der Waals surface area contributed by atoms with E-state index in [1.54, 1.807) is 26.2 Å². The number of carbonyl (C=O) groups excluding carboxylic acids is 1. The summed E-state index contributed by atoms with van der Waals surface area (Å²) in [4.78, 5) is 24.6. The SMILES string of the molecule is CCOC(=O)c1c(O)c2ccc(OC)c3c2n(c1=O)CCC3. The van der Waals surface area contributed by atoms with Gasteiger partial charge in [-0.25, -0.2) is 4.79 Å². The number of carbonyl (C=O) groups is 1. The molecule has 0 atom stereocenters. The lowest BCUT2D eigenvalue weighted by molar-refractivity contribution is 0.0520. The maximum absolute atomic E-state index is 12.6. The van der Waals surface area contributed by atoms with Gasteiger partial charge in [0.25, 0.3) is 5.56 Å². The molecule has 6 heteroatoms. The van der Waals surface area contributed by atoms with Crippen molar-refractivity contribution in [1.82, 2.24) is 4.57 Å². The number of aromatic nitrogens is 1. The van der Waals surface area contributed by atoms with Crippen LogP contribution in [-0.2, 0) is 17.7 Å². The quantitative estimate of drug-likeness (QED) is 0.875. The standard InChI is InChI=1S/C16H17NO5/c1-3-22-16(20)12-14(18)10-6-7-11(21-2)9-5-4-8-17(13(9)10)15(12)19/h6-7,18H,3-5,8H2,1-2H3. The third kappa shape index (κ3) is 1.94. The molecule has 0 saturated heterocycles. The average Bonchev–Trinajstić information content (AvgIpc) is 2.52. The Labute approximate surface area is 126 Å². The maximum atomic E-state index is 12.6. The summed E-state index contributed by atoms with van der Waals surface area (Å²) < 4.78 is 11.8. The summed E-state index contributed by atoms with van der Waals surface area (Å²) >= 11 is 0. The average molecular weight is 303 g/mol. The Balaban J connectivity index is 2.41. The first kappa shape index (κ1) is 14.4. The Kier molecular flexibility index (Phi) is 3.52. The molecule has 0 radical (unpaired) electrons. The summed E-state index contributed by atoms with van der Waals surface area (Å²) in [6.07, 6.45) is 1.54. The molecule has 0 spiro atoms. The van der Waals surface area contributed by atoms with Gasteiger partial charge in [0.2, 0.25) is 0 Å². The number of methoxy groups -OCH3 is 1. The smallest absolute Gasteiger partial charge is 0.347 e. The molecule has 3 rings (SSSR count). The molecule has 1 aliphatic rings. The molecule has 0 bridgehead atoms. The predicted octanol–water partition coefficient (Wildman–Crippen LogP) is 1.84. The zero-order valence-electron chi connectivity index (χ0n) is 12.5. The van der Waals surface area contributed by atoms with Crippen LogP contribution in [0.25, 0.3) is 10.9 Å². The van der Waals surface area contributed by atoms with Gasteiger partial charge in [0.1, 0.15) is 11.5 Å². The number of hydrogen-bond acceptors (Lipinski definition) is 5. The van der Waals surface area contributed by atoms with Crippen LogP contribution in [0.15, 0.2) is 16.9 Å².